The van der Waals surface area contributed by atoms with E-state index in [0.717, 1.165) is 0 Å². The van der Waals surface area contributed by atoms with Gasteiger partial charge in [0.25, 0.3) is 5.91 Å². The summed E-state index contributed by atoms with van der Waals surface area (Å²) >= 11 is 0. The number of carboxylic acids is 1. The van der Waals surface area contributed by atoms with Crippen LogP contribution < -0.4 is 5.32 Å². The molecule has 1 amide bonds. The first kappa shape index (κ1) is 12.8. The normalized spacial score (nSPS) is 12.1. The van der Waals surface area contributed by atoms with Gasteiger partial charge in [0.05, 0.1) is 6.04 Å². The number of aryl methyl sites for hydroxylation is 1. The van der Waals surface area contributed by atoms with E-state index >= 15 is 0 Å². The molecule has 8 nitrogen and oxygen atoms in total. The van der Waals surface area contributed by atoms with Crippen molar-refractivity contribution in [2.24, 2.45) is 7.05 Å². The highest BCUT2D eigenvalue weighted by Crippen LogP contribution is 2.11. The zero-order valence-corrected chi connectivity index (χ0v) is 10.3. The number of aromatic nitrogens is 3. The monoisotopic (exact) mass is 264 g/mol. The molecule has 0 aliphatic heterocycles. The van der Waals surface area contributed by atoms with Crippen LogP contribution in [0.4, 0.5) is 0 Å². The van der Waals surface area contributed by atoms with E-state index in [1.165, 1.54) is 18.5 Å². The summed E-state index contributed by atoms with van der Waals surface area (Å²) in [5, 5.41) is 18.9. The number of aromatic carboxylic acids is 1. The third-order valence-corrected chi connectivity index (χ3v) is 2.52. The molecule has 0 saturated carbocycles. The Kier molecular flexibility index (Phi) is 3.32. The lowest BCUT2D eigenvalue weighted by Crippen LogP contribution is -2.28. The fourth-order valence-electron chi connectivity index (χ4n) is 1.59. The average Bonchev–Trinajstić information content (AvgIpc) is 2.96. The summed E-state index contributed by atoms with van der Waals surface area (Å²) in [6, 6.07) is 2.16. The van der Waals surface area contributed by atoms with Gasteiger partial charge in [-0.1, -0.05) is 0 Å². The van der Waals surface area contributed by atoms with Crippen molar-refractivity contribution in [3.8, 4) is 0 Å². The number of furan rings is 1. The maximum atomic E-state index is 11.8. The van der Waals surface area contributed by atoms with E-state index in [0.29, 0.717) is 5.82 Å². The quantitative estimate of drug-likeness (QED) is 0.836. The molecule has 19 heavy (non-hydrogen) atoms. The van der Waals surface area contributed by atoms with Crippen LogP contribution in [-0.4, -0.2) is 31.7 Å². The van der Waals surface area contributed by atoms with Crippen molar-refractivity contribution in [1.82, 2.24) is 20.1 Å². The van der Waals surface area contributed by atoms with E-state index in [2.05, 4.69) is 15.5 Å². The van der Waals surface area contributed by atoms with Crippen LogP contribution in [0.1, 0.15) is 39.9 Å². The third-order valence-electron chi connectivity index (χ3n) is 2.52. The van der Waals surface area contributed by atoms with Gasteiger partial charge in [0.15, 0.2) is 11.6 Å². The molecule has 0 aliphatic rings. The molecule has 1 unspecified atom stereocenters. The molecule has 2 aromatic heterocycles. The summed E-state index contributed by atoms with van der Waals surface area (Å²) in [6.45, 7) is 1.74. The van der Waals surface area contributed by atoms with Crippen LogP contribution in [0.3, 0.4) is 0 Å². The SMILES string of the molecule is CC(NC(=O)c1ccc(C(=O)O)o1)c1nncn1C. The second-order valence-electron chi connectivity index (χ2n) is 3.96. The molecule has 0 aromatic carbocycles. The molecule has 2 aromatic rings. The highest BCUT2D eigenvalue weighted by atomic mass is 16.4. The van der Waals surface area contributed by atoms with E-state index in [9.17, 15) is 9.59 Å². The van der Waals surface area contributed by atoms with Gasteiger partial charge in [0.2, 0.25) is 5.76 Å². The number of nitrogens with zero attached hydrogens (tertiary/aromatic N) is 3. The van der Waals surface area contributed by atoms with Gasteiger partial charge in [-0.25, -0.2) is 4.79 Å². The number of rotatable bonds is 4. The van der Waals surface area contributed by atoms with Gasteiger partial charge in [0, 0.05) is 7.05 Å². The van der Waals surface area contributed by atoms with E-state index in [1.54, 1.807) is 18.5 Å². The summed E-state index contributed by atoms with van der Waals surface area (Å²) in [5.74, 6) is -1.50. The van der Waals surface area contributed by atoms with Crippen LogP contribution in [0.2, 0.25) is 0 Å². The Balaban J connectivity index is 2.08. The predicted molar refractivity (Wildman–Crippen MR) is 62.6 cm³/mol. The fourth-order valence-corrected chi connectivity index (χ4v) is 1.59. The first-order valence-electron chi connectivity index (χ1n) is 5.47. The Morgan fingerprint density at radius 2 is 2.11 bits per heavy atom. The number of hydrogen-bond acceptors (Lipinski definition) is 5. The minimum absolute atomic E-state index is 0.0635. The molecule has 2 heterocycles. The van der Waals surface area contributed by atoms with E-state index in [-0.39, 0.29) is 17.6 Å². The van der Waals surface area contributed by atoms with Crippen molar-refractivity contribution >= 4 is 11.9 Å². The van der Waals surface area contributed by atoms with E-state index < -0.39 is 11.9 Å². The average molecular weight is 264 g/mol. The van der Waals surface area contributed by atoms with Gasteiger partial charge in [-0.15, -0.1) is 10.2 Å². The molecule has 0 bridgehead atoms. The Labute approximate surface area is 108 Å². The molecular weight excluding hydrogens is 252 g/mol. The highest BCUT2D eigenvalue weighted by molar-refractivity contribution is 5.93. The first-order valence-corrected chi connectivity index (χ1v) is 5.47. The van der Waals surface area contributed by atoms with Crippen molar-refractivity contribution in [3.63, 3.8) is 0 Å². The Morgan fingerprint density at radius 3 is 2.63 bits per heavy atom. The van der Waals surface area contributed by atoms with Gasteiger partial charge >= 0.3 is 5.97 Å². The lowest BCUT2D eigenvalue weighted by Gasteiger charge is -2.11. The Hall–Kier alpha value is -2.64. The van der Waals surface area contributed by atoms with Crippen molar-refractivity contribution in [3.05, 3.63) is 35.8 Å². The second-order valence-corrected chi connectivity index (χ2v) is 3.96. The molecule has 2 N–H and O–H groups in total. The zero-order valence-electron chi connectivity index (χ0n) is 10.3. The Bertz CT molecular complexity index is 616. The molecule has 100 valence electrons. The summed E-state index contributed by atoms with van der Waals surface area (Å²) in [4.78, 5) is 22.5. The van der Waals surface area contributed by atoms with Gasteiger partial charge in [-0.3, -0.25) is 4.79 Å². The molecular formula is C11H12N4O4. The van der Waals surface area contributed by atoms with E-state index in [1.807, 2.05) is 0 Å². The lowest BCUT2D eigenvalue weighted by atomic mass is 10.3. The predicted octanol–water partition coefficient (Wildman–Crippen LogP) is 0.597. The van der Waals surface area contributed by atoms with Crippen LogP contribution in [-0.2, 0) is 7.05 Å². The largest absolute Gasteiger partial charge is 0.475 e. The van der Waals surface area contributed by atoms with Crippen LogP contribution in [0.15, 0.2) is 22.9 Å². The smallest absolute Gasteiger partial charge is 0.371 e. The number of carbonyl (C=O) groups excluding carboxylic acids is 1. The minimum atomic E-state index is -1.22. The van der Waals surface area contributed by atoms with Crippen molar-refractivity contribution in [2.45, 2.75) is 13.0 Å². The highest BCUT2D eigenvalue weighted by Gasteiger charge is 2.19. The van der Waals surface area contributed by atoms with Crippen LogP contribution in [0, 0.1) is 0 Å². The topological polar surface area (TPSA) is 110 Å². The van der Waals surface area contributed by atoms with Crippen LogP contribution in [0.5, 0.6) is 0 Å². The zero-order chi connectivity index (χ0) is 14.0. The van der Waals surface area contributed by atoms with Gasteiger partial charge in [-0.05, 0) is 19.1 Å². The summed E-state index contributed by atoms with van der Waals surface area (Å²) < 4.78 is 6.58. The van der Waals surface area contributed by atoms with Gasteiger partial charge < -0.3 is 19.4 Å². The summed E-state index contributed by atoms with van der Waals surface area (Å²) in [5.41, 5.74) is 0. The molecule has 0 spiro atoms. The molecule has 0 radical (unpaired) electrons. The molecule has 0 saturated heterocycles. The van der Waals surface area contributed by atoms with Crippen LogP contribution >= 0.6 is 0 Å². The second kappa shape index (κ2) is 4.92. The summed E-state index contributed by atoms with van der Waals surface area (Å²) in [7, 11) is 1.76. The molecule has 1 atom stereocenters. The fraction of sp³-hybridized carbons (Fsp3) is 0.273. The van der Waals surface area contributed by atoms with E-state index in [4.69, 9.17) is 9.52 Å². The van der Waals surface area contributed by atoms with Gasteiger partial charge in [-0.2, -0.15) is 0 Å². The van der Waals surface area contributed by atoms with Crippen molar-refractivity contribution in [2.75, 3.05) is 0 Å². The molecule has 8 heteroatoms. The van der Waals surface area contributed by atoms with Crippen LogP contribution in [0.25, 0.3) is 0 Å². The number of nitrogens with one attached hydrogen (secondary N) is 1. The van der Waals surface area contributed by atoms with Crippen molar-refractivity contribution in [1.29, 1.82) is 0 Å². The maximum Gasteiger partial charge on any atom is 0.371 e. The van der Waals surface area contributed by atoms with Gasteiger partial charge in [0.1, 0.15) is 6.33 Å². The number of carboxylic acid groups (broad SMARTS) is 1. The molecule has 0 fully saturated rings. The summed E-state index contributed by atoms with van der Waals surface area (Å²) in [6.07, 6.45) is 1.52. The number of hydrogen-bond donors (Lipinski definition) is 2. The first-order chi connectivity index (χ1) is 8.99. The number of amides is 1. The third kappa shape index (κ3) is 2.62. The molecule has 0 aliphatic carbocycles. The maximum absolute atomic E-state index is 11.8. The number of carbonyl (C=O) groups is 2. The standard InChI is InChI=1S/C11H12N4O4/c1-6(9-14-12-5-15(9)2)13-10(16)7-3-4-8(19-7)11(17)18/h3-6H,1-2H3,(H,13,16)(H,17,18). The van der Waals surface area contributed by atoms with Crippen molar-refractivity contribution < 1.29 is 19.1 Å². The minimum Gasteiger partial charge on any atom is -0.475 e. The lowest BCUT2D eigenvalue weighted by molar-refractivity contribution is 0.0659. The Morgan fingerprint density at radius 1 is 1.42 bits per heavy atom. The molecule has 2 rings (SSSR count).